The fourth-order valence-electron chi connectivity index (χ4n) is 2.15. The Morgan fingerprint density at radius 3 is 2.42 bits per heavy atom. The molecule has 1 rings (SSSR count). The van der Waals surface area contributed by atoms with Crippen molar-refractivity contribution < 1.29 is 4.74 Å². The second-order valence-electron chi connectivity index (χ2n) is 5.57. The average Bonchev–Trinajstić information content (AvgIpc) is 2.38. The summed E-state index contributed by atoms with van der Waals surface area (Å²) in [6.45, 7) is 11.5. The van der Waals surface area contributed by atoms with Crippen LogP contribution in [0.3, 0.4) is 0 Å². The van der Waals surface area contributed by atoms with Gasteiger partial charge < -0.3 is 10.1 Å². The third-order valence-corrected chi connectivity index (χ3v) is 3.31. The summed E-state index contributed by atoms with van der Waals surface area (Å²) in [7, 11) is 0. The highest BCUT2D eigenvalue weighted by molar-refractivity contribution is 5.21. The van der Waals surface area contributed by atoms with Crippen molar-refractivity contribution in [1.29, 1.82) is 0 Å². The highest BCUT2D eigenvalue weighted by Gasteiger charge is 2.10. The van der Waals surface area contributed by atoms with Crippen LogP contribution in [-0.2, 0) is 11.2 Å². The van der Waals surface area contributed by atoms with E-state index in [0.717, 1.165) is 32.5 Å². The van der Waals surface area contributed by atoms with Gasteiger partial charge in [0.25, 0.3) is 0 Å². The summed E-state index contributed by atoms with van der Waals surface area (Å²) in [5, 5.41) is 3.46. The topological polar surface area (TPSA) is 21.3 Å². The molecule has 1 aromatic rings. The lowest BCUT2D eigenvalue weighted by Gasteiger charge is -2.18. The van der Waals surface area contributed by atoms with Crippen molar-refractivity contribution in [2.75, 3.05) is 19.7 Å². The number of hydrogen-bond donors (Lipinski definition) is 1. The van der Waals surface area contributed by atoms with Crippen LogP contribution in [0.4, 0.5) is 0 Å². The average molecular weight is 263 g/mol. The predicted octanol–water partition coefficient (Wildman–Crippen LogP) is 3.58. The summed E-state index contributed by atoms with van der Waals surface area (Å²) >= 11 is 0. The van der Waals surface area contributed by atoms with Crippen LogP contribution < -0.4 is 5.32 Å². The summed E-state index contributed by atoms with van der Waals surface area (Å²) in [6, 6.07) is 8.89. The fraction of sp³-hybridized carbons (Fsp3) is 0.647. The molecule has 0 aromatic heterocycles. The molecule has 2 nitrogen and oxygen atoms in total. The Labute approximate surface area is 118 Å². The molecular formula is C17H29NO. The minimum Gasteiger partial charge on any atom is -0.379 e. The van der Waals surface area contributed by atoms with Gasteiger partial charge in [0.2, 0.25) is 0 Å². The second-order valence-corrected chi connectivity index (χ2v) is 5.57. The Morgan fingerprint density at radius 2 is 1.84 bits per heavy atom. The summed E-state index contributed by atoms with van der Waals surface area (Å²) < 4.78 is 5.68. The molecule has 1 atom stereocenters. The van der Waals surface area contributed by atoms with E-state index in [9.17, 15) is 0 Å². The van der Waals surface area contributed by atoms with Gasteiger partial charge in [0.05, 0.1) is 6.10 Å². The molecule has 0 aliphatic heterocycles. The van der Waals surface area contributed by atoms with Crippen molar-refractivity contribution in [1.82, 2.24) is 5.32 Å². The summed E-state index contributed by atoms with van der Waals surface area (Å²) in [6.07, 6.45) is 2.59. The van der Waals surface area contributed by atoms with Crippen molar-refractivity contribution in [3.8, 4) is 0 Å². The fourth-order valence-corrected chi connectivity index (χ4v) is 2.15. The molecule has 1 unspecified atom stereocenters. The Hall–Kier alpha value is -0.860. The SMILES string of the molecule is CCNCC(CCOC(C)C)Cc1ccc(C)cc1. The van der Waals surface area contributed by atoms with Crippen molar-refractivity contribution in [2.24, 2.45) is 5.92 Å². The summed E-state index contributed by atoms with van der Waals surface area (Å²) in [4.78, 5) is 0. The van der Waals surface area contributed by atoms with E-state index in [0.29, 0.717) is 12.0 Å². The minimum absolute atomic E-state index is 0.333. The first-order valence-electron chi connectivity index (χ1n) is 7.49. The molecule has 0 saturated carbocycles. The zero-order valence-electron chi connectivity index (χ0n) is 12.9. The molecule has 0 fully saturated rings. The Balaban J connectivity index is 2.45. The van der Waals surface area contributed by atoms with Crippen LogP contribution in [0.15, 0.2) is 24.3 Å². The maximum atomic E-state index is 5.68. The molecule has 108 valence electrons. The molecule has 19 heavy (non-hydrogen) atoms. The first kappa shape index (κ1) is 16.2. The highest BCUT2D eigenvalue weighted by Crippen LogP contribution is 2.13. The number of rotatable bonds is 9. The molecule has 1 N–H and O–H groups in total. The number of nitrogens with one attached hydrogen (secondary N) is 1. The third kappa shape index (κ3) is 7.34. The van der Waals surface area contributed by atoms with Gasteiger partial charge in [-0.15, -0.1) is 0 Å². The van der Waals surface area contributed by atoms with Gasteiger partial charge in [-0.1, -0.05) is 36.8 Å². The van der Waals surface area contributed by atoms with E-state index in [4.69, 9.17) is 4.74 Å². The quantitative estimate of drug-likeness (QED) is 0.735. The zero-order chi connectivity index (χ0) is 14.1. The Morgan fingerprint density at radius 1 is 1.16 bits per heavy atom. The number of benzene rings is 1. The van der Waals surface area contributed by atoms with Crippen molar-refractivity contribution in [2.45, 2.75) is 46.6 Å². The lowest BCUT2D eigenvalue weighted by Crippen LogP contribution is -2.25. The molecule has 1 aromatic carbocycles. The molecule has 0 aliphatic rings. The lowest BCUT2D eigenvalue weighted by atomic mass is 9.96. The summed E-state index contributed by atoms with van der Waals surface area (Å²) in [5.74, 6) is 0.654. The monoisotopic (exact) mass is 263 g/mol. The number of hydrogen-bond acceptors (Lipinski definition) is 2. The van der Waals surface area contributed by atoms with Crippen LogP contribution >= 0.6 is 0 Å². The van der Waals surface area contributed by atoms with Gasteiger partial charge in [-0.05, 0) is 58.2 Å². The normalized spacial score (nSPS) is 12.9. The van der Waals surface area contributed by atoms with Gasteiger partial charge in [-0.3, -0.25) is 0 Å². The van der Waals surface area contributed by atoms with Crippen molar-refractivity contribution in [3.05, 3.63) is 35.4 Å². The molecule has 0 bridgehead atoms. The zero-order valence-corrected chi connectivity index (χ0v) is 12.9. The third-order valence-electron chi connectivity index (χ3n) is 3.31. The maximum Gasteiger partial charge on any atom is 0.0518 e. The predicted molar refractivity (Wildman–Crippen MR) is 82.6 cm³/mol. The summed E-state index contributed by atoms with van der Waals surface area (Å²) in [5.41, 5.74) is 2.76. The Kier molecular flexibility index (Phi) is 7.76. The van der Waals surface area contributed by atoms with E-state index in [2.05, 4.69) is 57.3 Å². The van der Waals surface area contributed by atoms with Gasteiger partial charge in [0.1, 0.15) is 0 Å². The first-order valence-corrected chi connectivity index (χ1v) is 7.49. The van der Waals surface area contributed by atoms with Gasteiger partial charge in [-0.25, -0.2) is 0 Å². The molecule has 0 aliphatic carbocycles. The molecule has 0 amide bonds. The van der Waals surface area contributed by atoms with Crippen molar-refractivity contribution >= 4 is 0 Å². The lowest BCUT2D eigenvalue weighted by molar-refractivity contribution is 0.0683. The van der Waals surface area contributed by atoms with Gasteiger partial charge in [0.15, 0.2) is 0 Å². The molecule has 0 heterocycles. The number of aryl methyl sites for hydroxylation is 1. The molecule has 0 saturated heterocycles. The maximum absolute atomic E-state index is 5.68. The molecular weight excluding hydrogens is 234 g/mol. The standard InChI is InChI=1S/C17H29NO/c1-5-18-13-17(10-11-19-14(2)3)12-16-8-6-15(4)7-9-16/h6-9,14,17-18H,5,10-13H2,1-4H3. The van der Waals surface area contributed by atoms with E-state index in [1.807, 2.05) is 0 Å². The highest BCUT2D eigenvalue weighted by atomic mass is 16.5. The molecule has 0 radical (unpaired) electrons. The number of ether oxygens (including phenoxy) is 1. The van der Waals surface area contributed by atoms with Gasteiger partial charge in [0, 0.05) is 6.61 Å². The van der Waals surface area contributed by atoms with E-state index < -0.39 is 0 Å². The van der Waals surface area contributed by atoms with Crippen LogP contribution in [0.5, 0.6) is 0 Å². The molecule has 2 heteroatoms. The second kappa shape index (κ2) is 9.11. The molecule has 0 spiro atoms. The van der Waals surface area contributed by atoms with Crippen molar-refractivity contribution in [3.63, 3.8) is 0 Å². The minimum atomic E-state index is 0.333. The largest absolute Gasteiger partial charge is 0.379 e. The Bertz CT molecular complexity index is 332. The van der Waals surface area contributed by atoms with Crippen LogP contribution in [-0.4, -0.2) is 25.8 Å². The van der Waals surface area contributed by atoms with E-state index in [-0.39, 0.29) is 0 Å². The van der Waals surface area contributed by atoms with E-state index in [1.165, 1.54) is 11.1 Å². The van der Waals surface area contributed by atoms with Crippen LogP contribution in [0, 0.1) is 12.8 Å². The van der Waals surface area contributed by atoms with E-state index >= 15 is 0 Å². The van der Waals surface area contributed by atoms with Crippen LogP contribution in [0.25, 0.3) is 0 Å². The van der Waals surface area contributed by atoms with Gasteiger partial charge in [-0.2, -0.15) is 0 Å². The smallest absolute Gasteiger partial charge is 0.0518 e. The van der Waals surface area contributed by atoms with E-state index in [1.54, 1.807) is 0 Å². The van der Waals surface area contributed by atoms with Crippen LogP contribution in [0.2, 0.25) is 0 Å². The van der Waals surface area contributed by atoms with Gasteiger partial charge >= 0.3 is 0 Å². The first-order chi connectivity index (χ1) is 9.11. The van der Waals surface area contributed by atoms with Crippen LogP contribution in [0.1, 0.15) is 38.3 Å².